The Morgan fingerprint density at radius 2 is 2.19 bits per heavy atom. The van der Waals surface area contributed by atoms with Gasteiger partial charge in [0.05, 0.1) is 5.69 Å². The fourth-order valence-corrected chi connectivity index (χ4v) is 1.67. The van der Waals surface area contributed by atoms with Gasteiger partial charge in [0.1, 0.15) is 5.82 Å². The molecule has 84 valence electrons. The van der Waals surface area contributed by atoms with Crippen LogP contribution in [0, 0.1) is 6.92 Å². The predicted molar refractivity (Wildman–Crippen MR) is 66.1 cm³/mol. The summed E-state index contributed by atoms with van der Waals surface area (Å²) in [6.07, 6.45) is 0. The van der Waals surface area contributed by atoms with Crippen LogP contribution in [0.15, 0.2) is 30.3 Å². The van der Waals surface area contributed by atoms with Crippen molar-refractivity contribution in [1.29, 1.82) is 0 Å². The summed E-state index contributed by atoms with van der Waals surface area (Å²) in [5.41, 5.74) is 8.69. The maximum atomic E-state index is 5.72. The Kier molecular flexibility index (Phi) is 2.81. The highest BCUT2D eigenvalue weighted by Crippen LogP contribution is 2.11. The van der Waals surface area contributed by atoms with Gasteiger partial charge in [-0.2, -0.15) is 5.10 Å². The van der Waals surface area contributed by atoms with Gasteiger partial charge in [0.15, 0.2) is 0 Å². The Hall–Kier alpha value is -1.97. The highest BCUT2D eigenvalue weighted by Gasteiger charge is 2.01. The van der Waals surface area contributed by atoms with E-state index in [0.717, 1.165) is 23.7 Å². The molecule has 0 bridgehead atoms. The molecular formula is C12H16N4. The summed E-state index contributed by atoms with van der Waals surface area (Å²) in [6, 6.07) is 9.88. The average molecular weight is 216 g/mol. The SMILES string of the molecule is Cc1cc(NCc2cccc(N)c2)n(C)n1. The summed E-state index contributed by atoms with van der Waals surface area (Å²) in [5, 5.41) is 7.59. The minimum absolute atomic E-state index is 0.754. The molecule has 0 unspecified atom stereocenters. The minimum atomic E-state index is 0.754. The zero-order valence-electron chi connectivity index (χ0n) is 9.57. The Bertz CT molecular complexity index is 488. The molecule has 4 nitrogen and oxygen atoms in total. The van der Waals surface area contributed by atoms with E-state index >= 15 is 0 Å². The third kappa shape index (κ3) is 2.34. The summed E-state index contributed by atoms with van der Waals surface area (Å²) in [5.74, 6) is 1.01. The van der Waals surface area contributed by atoms with E-state index in [0.29, 0.717) is 0 Å². The van der Waals surface area contributed by atoms with Gasteiger partial charge in [0.2, 0.25) is 0 Å². The highest BCUT2D eigenvalue weighted by atomic mass is 15.3. The first-order valence-electron chi connectivity index (χ1n) is 5.24. The molecule has 0 aliphatic carbocycles. The first-order chi connectivity index (χ1) is 7.65. The Morgan fingerprint density at radius 3 is 2.81 bits per heavy atom. The largest absolute Gasteiger partial charge is 0.399 e. The molecule has 0 radical (unpaired) electrons. The van der Waals surface area contributed by atoms with E-state index in [1.54, 1.807) is 0 Å². The van der Waals surface area contributed by atoms with Gasteiger partial charge < -0.3 is 11.1 Å². The number of anilines is 2. The lowest BCUT2D eigenvalue weighted by Gasteiger charge is -2.06. The number of nitrogens with two attached hydrogens (primary N) is 1. The molecule has 0 atom stereocenters. The van der Waals surface area contributed by atoms with Crippen molar-refractivity contribution in [3.05, 3.63) is 41.6 Å². The van der Waals surface area contributed by atoms with Crippen LogP contribution in [-0.4, -0.2) is 9.78 Å². The first kappa shape index (κ1) is 10.5. The van der Waals surface area contributed by atoms with Crippen LogP contribution in [-0.2, 0) is 13.6 Å². The normalized spacial score (nSPS) is 10.4. The van der Waals surface area contributed by atoms with Gasteiger partial charge >= 0.3 is 0 Å². The first-order valence-corrected chi connectivity index (χ1v) is 5.24. The lowest BCUT2D eigenvalue weighted by molar-refractivity contribution is 0.758. The van der Waals surface area contributed by atoms with Crippen molar-refractivity contribution in [3.8, 4) is 0 Å². The summed E-state index contributed by atoms with van der Waals surface area (Å²) in [6.45, 7) is 2.73. The number of nitrogen functional groups attached to an aromatic ring is 1. The van der Waals surface area contributed by atoms with Gasteiger partial charge in [0.25, 0.3) is 0 Å². The van der Waals surface area contributed by atoms with Crippen LogP contribution < -0.4 is 11.1 Å². The average Bonchev–Trinajstić information content (AvgIpc) is 2.54. The van der Waals surface area contributed by atoms with Crippen LogP contribution in [0.2, 0.25) is 0 Å². The highest BCUT2D eigenvalue weighted by molar-refractivity contribution is 5.43. The van der Waals surface area contributed by atoms with Gasteiger partial charge in [-0.1, -0.05) is 12.1 Å². The number of aromatic nitrogens is 2. The second kappa shape index (κ2) is 4.26. The molecule has 1 aromatic carbocycles. The van der Waals surface area contributed by atoms with Crippen molar-refractivity contribution in [2.24, 2.45) is 7.05 Å². The Labute approximate surface area is 95.1 Å². The van der Waals surface area contributed by atoms with Crippen molar-refractivity contribution < 1.29 is 0 Å². The van der Waals surface area contributed by atoms with Crippen molar-refractivity contribution >= 4 is 11.5 Å². The Morgan fingerprint density at radius 1 is 1.38 bits per heavy atom. The third-order valence-electron chi connectivity index (χ3n) is 2.43. The quantitative estimate of drug-likeness (QED) is 0.771. The standard InChI is InChI=1S/C12H16N4/c1-9-6-12(16(2)15-9)14-8-10-4-3-5-11(13)7-10/h3-7,14H,8,13H2,1-2H3. The van der Waals surface area contributed by atoms with Crippen molar-refractivity contribution in [2.45, 2.75) is 13.5 Å². The van der Waals surface area contributed by atoms with Crippen LogP contribution in [0.5, 0.6) is 0 Å². The van der Waals surface area contributed by atoms with Crippen LogP contribution >= 0.6 is 0 Å². The van der Waals surface area contributed by atoms with Gasteiger partial charge in [-0.05, 0) is 24.6 Å². The molecule has 0 saturated heterocycles. The molecule has 1 heterocycles. The molecule has 3 N–H and O–H groups in total. The van der Waals surface area contributed by atoms with Gasteiger partial charge in [-0.3, -0.25) is 4.68 Å². The molecule has 0 amide bonds. The van der Waals surface area contributed by atoms with E-state index in [-0.39, 0.29) is 0 Å². The second-order valence-corrected chi connectivity index (χ2v) is 3.89. The van der Waals surface area contributed by atoms with E-state index in [9.17, 15) is 0 Å². The zero-order valence-corrected chi connectivity index (χ0v) is 9.57. The third-order valence-corrected chi connectivity index (χ3v) is 2.43. The van der Waals surface area contributed by atoms with Crippen LogP contribution in [0.3, 0.4) is 0 Å². The lowest BCUT2D eigenvalue weighted by atomic mass is 10.2. The van der Waals surface area contributed by atoms with Crippen molar-refractivity contribution in [1.82, 2.24) is 9.78 Å². The fourth-order valence-electron chi connectivity index (χ4n) is 1.67. The Balaban J connectivity index is 2.05. The van der Waals surface area contributed by atoms with Crippen LogP contribution in [0.1, 0.15) is 11.3 Å². The van der Waals surface area contributed by atoms with E-state index in [2.05, 4.69) is 10.4 Å². The zero-order chi connectivity index (χ0) is 11.5. The van der Waals surface area contributed by atoms with E-state index < -0.39 is 0 Å². The van der Waals surface area contributed by atoms with Crippen LogP contribution in [0.4, 0.5) is 11.5 Å². The van der Waals surface area contributed by atoms with Gasteiger partial charge in [-0.15, -0.1) is 0 Å². The minimum Gasteiger partial charge on any atom is -0.399 e. The molecule has 4 heteroatoms. The smallest absolute Gasteiger partial charge is 0.124 e. The maximum Gasteiger partial charge on any atom is 0.124 e. The number of aryl methyl sites for hydroxylation is 2. The van der Waals surface area contributed by atoms with E-state index in [1.165, 1.54) is 5.56 Å². The topological polar surface area (TPSA) is 55.9 Å². The van der Waals surface area contributed by atoms with Gasteiger partial charge in [0, 0.05) is 25.3 Å². The van der Waals surface area contributed by atoms with Crippen LogP contribution in [0.25, 0.3) is 0 Å². The second-order valence-electron chi connectivity index (χ2n) is 3.89. The number of nitrogens with one attached hydrogen (secondary N) is 1. The fraction of sp³-hybridized carbons (Fsp3) is 0.250. The van der Waals surface area contributed by atoms with Crippen molar-refractivity contribution in [2.75, 3.05) is 11.1 Å². The molecule has 0 fully saturated rings. The summed E-state index contributed by atoms with van der Waals surface area (Å²) in [7, 11) is 1.93. The molecule has 16 heavy (non-hydrogen) atoms. The number of benzene rings is 1. The number of nitrogens with zero attached hydrogens (tertiary/aromatic N) is 2. The van der Waals surface area contributed by atoms with E-state index in [1.807, 2.05) is 49.0 Å². The molecular weight excluding hydrogens is 200 g/mol. The number of rotatable bonds is 3. The molecule has 0 aliphatic rings. The van der Waals surface area contributed by atoms with Gasteiger partial charge in [-0.25, -0.2) is 0 Å². The van der Waals surface area contributed by atoms with Crippen molar-refractivity contribution in [3.63, 3.8) is 0 Å². The monoisotopic (exact) mass is 216 g/mol. The molecule has 0 saturated carbocycles. The molecule has 0 aliphatic heterocycles. The predicted octanol–water partition coefficient (Wildman–Crippen LogP) is 1.92. The number of hydrogen-bond acceptors (Lipinski definition) is 3. The molecule has 1 aromatic heterocycles. The van der Waals surface area contributed by atoms with E-state index in [4.69, 9.17) is 5.73 Å². The summed E-state index contributed by atoms with van der Waals surface area (Å²) >= 11 is 0. The number of hydrogen-bond donors (Lipinski definition) is 2. The summed E-state index contributed by atoms with van der Waals surface area (Å²) in [4.78, 5) is 0. The molecule has 2 aromatic rings. The molecule has 2 rings (SSSR count). The summed E-state index contributed by atoms with van der Waals surface area (Å²) < 4.78 is 1.83. The molecule has 0 spiro atoms. The maximum absolute atomic E-state index is 5.72. The lowest BCUT2D eigenvalue weighted by Crippen LogP contribution is -2.04.